The summed E-state index contributed by atoms with van der Waals surface area (Å²) in [5.41, 5.74) is 0. The molecule has 3 nitrogen and oxygen atoms in total. The van der Waals surface area contributed by atoms with Crippen molar-refractivity contribution in [2.75, 3.05) is 40.3 Å². The van der Waals surface area contributed by atoms with E-state index in [0.717, 1.165) is 6.54 Å². The fraction of sp³-hybridized carbons (Fsp3) is 0.714. The van der Waals surface area contributed by atoms with Crippen LogP contribution in [0.4, 0.5) is 0 Å². The van der Waals surface area contributed by atoms with Crippen LogP contribution >= 0.6 is 11.3 Å². The van der Waals surface area contributed by atoms with E-state index in [2.05, 4.69) is 55.2 Å². The predicted molar refractivity (Wildman–Crippen MR) is 79.4 cm³/mol. The van der Waals surface area contributed by atoms with Gasteiger partial charge in [0.25, 0.3) is 0 Å². The summed E-state index contributed by atoms with van der Waals surface area (Å²) in [6.45, 7) is 9.03. The minimum atomic E-state index is 0.462. The van der Waals surface area contributed by atoms with Gasteiger partial charge in [0, 0.05) is 48.0 Å². The van der Waals surface area contributed by atoms with Crippen molar-refractivity contribution in [2.45, 2.75) is 25.9 Å². The van der Waals surface area contributed by atoms with Crippen LogP contribution in [0.15, 0.2) is 12.1 Å². The minimum absolute atomic E-state index is 0.462. The van der Waals surface area contributed by atoms with Gasteiger partial charge in [0.15, 0.2) is 0 Å². The third-order valence-electron chi connectivity index (χ3n) is 3.83. The highest BCUT2D eigenvalue weighted by Gasteiger charge is 2.22. The Balaban J connectivity index is 1.83. The number of hydrogen-bond donors (Lipinski definition) is 1. The Morgan fingerprint density at radius 1 is 1.39 bits per heavy atom. The molecule has 0 amide bonds. The summed E-state index contributed by atoms with van der Waals surface area (Å²) in [6, 6.07) is 5.55. The Labute approximate surface area is 115 Å². The highest BCUT2D eigenvalue weighted by Crippen LogP contribution is 2.22. The molecule has 102 valence electrons. The van der Waals surface area contributed by atoms with Crippen molar-refractivity contribution in [3.05, 3.63) is 21.9 Å². The highest BCUT2D eigenvalue weighted by molar-refractivity contribution is 7.12. The number of piperazine rings is 1. The smallest absolute Gasteiger partial charge is 0.0386 e. The Morgan fingerprint density at radius 2 is 2.17 bits per heavy atom. The topological polar surface area (TPSA) is 18.5 Å². The van der Waals surface area contributed by atoms with Gasteiger partial charge in [-0.1, -0.05) is 0 Å². The first kappa shape index (κ1) is 14.0. The Hall–Kier alpha value is -0.420. The second kappa shape index (κ2) is 6.15. The van der Waals surface area contributed by atoms with Crippen LogP contribution in [0.25, 0.3) is 0 Å². The predicted octanol–water partition coefficient (Wildman–Crippen LogP) is 1.95. The van der Waals surface area contributed by atoms with Crippen LogP contribution in [-0.4, -0.2) is 56.1 Å². The van der Waals surface area contributed by atoms with Gasteiger partial charge in [0.1, 0.15) is 0 Å². The van der Waals surface area contributed by atoms with Gasteiger partial charge in [-0.3, -0.25) is 4.90 Å². The van der Waals surface area contributed by atoms with Crippen molar-refractivity contribution in [2.24, 2.45) is 0 Å². The van der Waals surface area contributed by atoms with Gasteiger partial charge in [-0.25, -0.2) is 0 Å². The first-order valence-corrected chi connectivity index (χ1v) is 7.56. The lowest BCUT2D eigenvalue weighted by Crippen LogP contribution is -2.53. The van der Waals surface area contributed by atoms with Gasteiger partial charge in [0.05, 0.1) is 0 Å². The van der Waals surface area contributed by atoms with Crippen LogP contribution in [0.3, 0.4) is 0 Å². The Morgan fingerprint density at radius 3 is 2.83 bits per heavy atom. The zero-order chi connectivity index (χ0) is 13.1. The average Bonchev–Trinajstić information content (AvgIpc) is 2.77. The lowest BCUT2D eigenvalue weighted by molar-refractivity contribution is 0.112. The molecule has 2 rings (SSSR count). The summed E-state index contributed by atoms with van der Waals surface area (Å²) in [7, 11) is 4.45. The molecule has 0 bridgehead atoms. The third-order valence-corrected chi connectivity index (χ3v) is 5.01. The largest absolute Gasteiger partial charge is 0.308 e. The fourth-order valence-corrected chi connectivity index (χ4v) is 3.33. The molecule has 18 heavy (non-hydrogen) atoms. The van der Waals surface area contributed by atoms with Gasteiger partial charge in [-0.2, -0.15) is 0 Å². The molecule has 1 N–H and O–H groups in total. The molecule has 0 saturated carbocycles. The summed E-state index contributed by atoms with van der Waals surface area (Å²) in [4.78, 5) is 7.73. The summed E-state index contributed by atoms with van der Waals surface area (Å²) < 4.78 is 0. The SMILES string of the molecule is Cc1ccc(C(C)NCC2CN(C)CCN2C)s1. The van der Waals surface area contributed by atoms with Crippen molar-refractivity contribution in [1.82, 2.24) is 15.1 Å². The molecule has 1 aliphatic rings. The van der Waals surface area contributed by atoms with E-state index in [1.165, 1.54) is 29.4 Å². The van der Waals surface area contributed by atoms with Crippen LogP contribution in [0.2, 0.25) is 0 Å². The van der Waals surface area contributed by atoms with E-state index in [-0.39, 0.29) is 0 Å². The minimum Gasteiger partial charge on any atom is -0.308 e. The number of likely N-dealkylation sites (N-methyl/N-ethyl adjacent to an activating group) is 2. The standard InChI is InChI=1S/C14H25N3S/c1-11-5-6-14(18-11)12(2)15-9-13-10-16(3)7-8-17(13)4/h5-6,12-13,15H,7-10H2,1-4H3. The number of rotatable bonds is 4. The van der Waals surface area contributed by atoms with E-state index in [1.54, 1.807) is 0 Å². The summed E-state index contributed by atoms with van der Waals surface area (Å²) in [5.74, 6) is 0. The van der Waals surface area contributed by atoms with Crippen LogP contribution in [0.5, 0.6) is 0 Å². The summed E-state index contributed by atoms with van der Waals surface area (Å²) in [5, 5.41) is 3.68. The Kier molecular flexibility index (Phi) is 4.78. The number of nitrogens with zero attached hydrogens (tertiary/aromatic N) is 2. The number of aryl methyl sites for hydroxylation is 1. The van der Waals surface area contributed by atoms with Crippen LogP contribution < -0.4 is 5.32 Å². The molecule has 1 fully saturated rings. The van der Waals surface area contributed by atoms with Crippen LogP contribution in [-0.2, 0) is 0 Å². The number of nitrogens with one attached hydrogen (secondary N) is 1. The van der Waals surface area contributed by atoms with Gasteiger partial charge < -0.3 is 10.2 Å². The molecule has 0 spiro atoms. The molecule has 2 heterocycles. The van der Waals surface area contributed by atoms with E-state index < -0.39 is 0 Å². The van der Waals surface area contributed by atoms with Gasteiger partial charge in [-0.15, -0.1) is 11.3 Å². The monoisotopic (exact) mass is 267 g/mol. The van der Waals surface area contributed by atoms with Crippen molar-refractivity contribution < 1.29 is 0 Å². The fourth-order valence-electron chi connectivity index (χ4n) is 2.42. The molecule has 1 aromatic heterocycles. The maximum atomic E-state index is 3.68. The van der Waals surface area contributed by atoms with E-state index >= 15 is 0 Å². The van der Waals surface area contributed by atoms with Gasteiger partial charge >= 0.3 is 0 Å². The summed E-state index contributed by atoms with van der Waals surface area (Å²) in [6.07, 6.45) is 0. The maximum absolute atomic E-state index is 3.68. The van der Waals surface area contributed by atoms with Crippen LogP contribution in [0, 0.1) is 6.92 Å². The molecule has 0 radical (unpaired) electrons. The van der Waals surface area contributed by atoms with Crippen LogP contribution in [0.1, 0.15) is 22.7 Å². The quantitative estimate of drug-likeness (QED) is 0.899. The van der Waals surface area contributed by atoms with E-state index in [1.807, 2.05) is 11.3 Å². The van der Waals surface area contributed by atoms with E-state index in [9.17, 15) is 0 Å². The molecule has 1 aromatic rings. The third kappa shape index (κ3) is 3.54. The van der Waals surface area contributed by atoms with E-state index in [0.29, 0.717) is 12.1 Å². The molecule has 0 aromatic carbocycles. The molecule has 2 unspecified atom stereocenters. The van der Waals surface area contributed by atoms with Crippen molar-refractivity contribution in [1.29, 1.82) is 0 Å². The molecular formula is C14H25N3S. The van der Waals surface area contributed by atoms with Gasteiger partial charge in [0.2, 0.25) is 0 Å². The normalized spacial score (nSPS) is 24.3. The zero-order valence-corrected chi connectivity index (χ0v) is 12.8. The number of hydrogen-bond acceptors (Lipinski definition) is 4. The van der Waals surface area contributed by atoms with Crippen molar-refractivity contribution in [3.8, 4) is 0 Å². The highest BCUT2D eigenvalue weighted by atomic mass is 32.1. The van der Waals surface area contributed by atoms with Gasteiger partial charge in [-0.05, 0) is 40.1 Å². The maximum Gasteiger partial charge on any atom is 0.0386 e. The van der Waals surface area contributed by atoms with E-state index in [4.69, 9.17) is 0 Å². The van der Waals surface area contributed by atoms with Crippen molar-refractivity contribution >= 4 is 11.3 Å². The first-order valence-electron chi connectivity index (χ1n) is 6.74. The second-order valence-electron chi connectivity index (χ2n) is 5.48. The average molecular weight is 267 g/mol. The number of thiophene rings is 1. The molecule has 1 saturated heterocycles. The lowest BCUT2D eigenvalue weighted by Gasteiger charge is -2.38. The van der Waals surface area contributed by atoms with Crippen molar-refractivity contribution in [3.63, 3.8) is 0 Å². The molecule has 2 atom stereocenters. The molecule has 0 aliphatic carbocycles. The lowest BCUT2D eigenvalue weighted by atomic mass is 10.1. The molecule has 4 heteroatoms. The summed E-state index contributed by atoms with van der Waals surface area (Å²) >= 11 is 1.90. The Bertz CT molecular complexity index is 377. The molecule has 1 aliphatic heterocycles. The first-order chi connectivity index (χ1) is 8.56. The zero-order valence-electron chi connectivity index (χ0n) is 11.9. The molecular weight excluding hydrogens is 242 g/mol. The second-order valence-corrected chi connectivity index (χ2v) is 6.79.